The van der Waals surface area contributed by atoms with Crippen LogP contribution in [0.3, 0.4) is 0 Å². The lowest BCUT2D eigenvalue weighted by molar-refractivity contribution is -0.116. The van der Waals surface area contributed by atoms with E-state index in [0.29, 0.717) is 37.5 Å². The number of benzene rings is 2. The van der Waals surface area contributed by atoms with E-state index in [1.165, 1.54) is 12.8 Å². The average Bonchev–Trinajstić information content (AvgIpc) is 3.22. The number of ether oxygens (including phenoxy) is 1. The van der Waals surface area contributed by atoms with Gasteiger partial charge in [-0.25, -0.2) is 4.39 Å². The number of aryl methyl sites for hydroxylation is 1. The largest absolute Gasteiger partial charge is 0.490 e. The van der Waals surface area contributed by atoms with Gasteiger partial charge in [-0.15, -0.1) is 12.4 Å². The molecule has 1 saturated carbocycles. The highest BCUT2D eigenvalue weighted by Crippen LogP contribution is 2.26. The van der Waals surface area contributed by atoms with Gasteiger partial charge in [-0.2, -0.15) is 0 Å². The molecule has 1 aliphatic heterocycles. The van der Waals surface area contributed by atoms with Crippen LogP contribution in [0.15, 0.2) is 36.4 Å². The lowest BCUT2D eigenvalue weighted by Crippen LogP contribution is -2.25. The average molecular weight is 419 g/mol. The fourth-order valence-corrected chi connectivity index (χ4v) is 4.07. The molecule has 0 spiro atoms. The summed E-state index contributed by atoms with van der Waals surface area (Å²) in [6.45, 7) is 1.44. The number of amides is 1. The molecule has 0 saturated heterocycles. The molecule has 0 unspecified atom stereocenters. The zero-order valence-electron chi connectivity index (χ0n) is 16.5. The third-order valence-electron chi connectivity index (χ3n) is 5.63. The van der Waals surface area contributed by atoms with Crippen molar-refractivity contribution in [1.29, 1.82) is 0 Å². The first-order chi connectivity index (χ1) is 13.7. The highest BCUT2D eigenvalue weighted by molar-refractivity contribution is 5.91. The fraction of sp³-hybridized carbons (Fsp3) is 0.435. The normalized spacial score (nSPS) is 16.0. The zero-order chi connectivity index (χ0) is 19.3. The SMILES string of the molecule is Cl.O=C(CCc1cccc(OC2CCCC2)c1)Nc1ccc2c(c1F)CCNC2. The number of rotatable bonds is 6. The van der Waals surface area contributed by atoms with E-state index in [9.17, 15) is 9.18 Å². The molecule has 4 rings (SSSR count). The van der Waals surface area contributed by atoms with Crippen LogP contribution in [0.1, 0.15) is 48.8 Å². The number of hydrogen-bond acceptors (Lipinski definition) is 3. The van der Waals surface area contributed by atoms with E-state index in [-0.39, 0.29) is 29.8 Å². The first-order valence-corrected chi connectivity index (χ1v) is 10.3. The molecule has 2 aromatic rings. The molecule has 29 heavy (non-hydrogen) atoms. The lowest BCUT2D eigenvalue weighted by Gasteiger charge is -2.19. The van der Waals surface area contributed by atoms with Gasteiger partial charge in [0.05, 0.1) is 11.8 Å². The Morgan fingerprint density at radius 3 is 2.86 bits per heavy atom. The summed E-state index contributed by atoms with van der Waals surface area (Å²) >= 11 is 0. The molecular formula is C23H28ClFN2O2. The third kappa shape index (κ3) is 5.49. The summed E-state index contributed by atoms with van der Waals surface area (Å²) < 4.78 is 20.7. The molecule has 0 atom stereocenters. The molecule has 6 heteroatoms. The van der Waals surface area contributed by atoms with Gasteiger partial charge in [-0.1, -0.05) is 18.2 Å². The van der Waals surface area contributed by atoms with Crippen molar-refractivity contribution < 1.29 is 13.9 Å². The maximum atomic E-state index is 14.7. The summed E-state index contributed by atoms with van der Waals surface area (Å²) in [5.41, 5.74) is 3.03. The Balaban J connectivity index is 0.00000240. The molecule has 4 nitrogen and oxygen atoms in total. The van der Waals surface area contributed by atoms with E-state index in [1.807, 2.05) is 30.3 Å². The second-order valence-electron chi connectivity index (χ2n) is 7.71. The molecular weight excluding hydrogens is 391 g/mol. The van der Waals surface area contributed by atoms with Crippen molar-refractivity contribution >= 4 is 24.0 Å². The van der Waals surface area contributed by atoms with Crippen LogP contribution in [-0.2, 0) is 24.2 Å². The summed E-state index contributed by atoms with van der Waals surface area (Å²) in [7, 11) is 0. The summed E-state index contributed by atoms with van der Waals surface area (Å²) in [6, 6.07) is 11.5. The van der Waals surface area contributed by atoms with Crippen LogP contribution >= 0.6 is 12.4 Å². The van der Waals surface area contributed by atoms with Crippen molar-refractivity contribution in [1.82, 2.24) is 5.32 Å². The molecule has 1 fully saturated rings. The molecule has 156 valence electrons. The van der Waals surface area contributed by atoms with Gasteiger partial charge >= 0.3 is 0 Å². The van der Waals surface area contributed by atoms with E-state index in [1.54, 1.807) is 6.07 Å². The molecule has 1 amide bonds. The smallest absolute Gasteiger partial charge is 0.224 e. The molecule has 2 N–H and O–H groups in total. The second kappa shape index (κ2) is 10.1. The summed E-state index contributed by atoms with van der Waals surface area (Å²) in [4.78, 5) is 12.3. The van der Waals surface area contributed by atoms with Gasteiger partial charge in [-0.05, 0) is 80.0 Å². The number of fused-ring (bicyclic) bond motifs is 1. The van der Waals surface area contributed by atoms with Crippen LogP contribution in [0.25, 0.3) is 0 Å². The predicted octanol–water partition coefficient (Wildman–Crippen LogP) is 4.79. The number of carbonyl (C=O) groups is 1. The molecule has 2 aliphatic rings. The van der Waals surface area contributed by atoms with Gasteiger partial charge < -0.3 is 15.4 Å². The summed E-state index contributed by atoms with van der Waals surface area (Å²) in [5.74, 6) is 0.411. The van der Waals surface area contributed by atoms with E-state index < -0.39 is 0 Å². The quantitative estimate of drug-likeness (QED) is 0.709. The van der Waals surface area contributed by atoms with Crippen LogP contribution in [0.4, 0.5) is 10.1 Å². The molecule has 1 heterocycles. The van der Waals surface area contributed by atoms with Crippen molar-refractivity contribution in [3.63, 3.8) is 0 Å². The van der Waals surface area contributed by atoms with E-state index in [4.69, 9.17) is 4.74 Å². The summed E-state index contributed by atoms with van der Waals surface area (Å²) in [5, 5.41) is 5.97. The molecule has 0 radical (unpaired) electrons. The van der Waals surface area contributed by atoms with Crippen LogP contribution in [-0.4, -0.2) is 18.6 Å². The lowest BCUT2D eigenvalue weighted by atomic mass is 9.99. The summed E-state index contributed by atoms with van der Waals surface area (Å²) in [6.07, 6.45) is 6.60. The first kappa shape index (κ1) is 21.6. The third-order valence-corrected chi connectivity index (χ3v) is 5.63. The number of hydrogen-bond donors (Lipinski definition) is 2. The minimum Gasteiger partial charge on any atom is -0.490 e. The van der Waals surface area contributed by atoms with Crippen LogP contribution in [0.2, 0.25) is 0 Å². The maximum absolute atomic E-state index is 14.7. The van der Waals surface area contributed by atoms with Crippen molar-refractivity contribution in [2.45, 2.75) is 57.6 Å². The zero-order valence-corrected chi connectivity index (χ0v) is 17.3. The van der Waals surface area contributed by atoms with E-state index in [0.717, 1.165) is 36.3 Å². The standard InChI is InChI=1S/C23H27FN2O2.ClH/c24-23-20-12-13-25-15-17(20)9-10-21(23)26-22(27)11-8-16-4-3-7-19(14-16)28-18-5-1-2-6-18;/h3-4,7,9-10,14,18,25H,1-2,5-6,8,11-13,15H2,(H,26,27);1H. The number of nitrogens with one attached hydrogen (secondary N) is 2. The number of carbonyl (C=O) groups excluding carboxylic acids is 1. The Bertz CT molecular complexity index is 853. The van der Waals surface area contributed by atoms with Crippen molar-refractivity contribution in [2.75, 3.05) is 11.9 Å². The van der Waals surface area contributed by atoms with Gasteiger partial charge in [0.25, 0.3) is 0 Å². The number of anilines is 1. The van der Waals surface area contributed by atoms with Crippen molar-refractivity contribution in [3.05, 3.63) is 58.9 Å². The van der Waals surface area contributed by atoms with Gasteiger partial charge in [0.2, 0.25) is 5.91 Å². The Morgan fingerprint density at radius 1 is 1.21 bits per heavy atom. The second-order valence-corrected chi connectivity index (χ2v) is 7.71. The van der Waals surface area contributed by atoms with Crippen LogP contribution < -0.4 is 15.4 Å². The van der Waals surface area contributed by atoms with E-state index >= 15 is 0 Å². The highest BCUT2D eigenvalue weighted by atomic mass is 35.5. The predicted molar refractivity (Wildman–Crippen MR) is 115 cm³/mol. The minimum absolute atomic E-state index is 0. The minimum atomic E-state index is -0.292. The van der Waals surface area contributed by atoms with Gasteiger partial charge in [0, 0.05) is 13.0 Å². The first-order valence-electron chi connectivity index (χ1n) is 10.3. The molecule has 1 aliphatic carbocycles. The molecule has 0 aromatic heterocycles. The number of halogens is 2. The highest BCUT2D eigenvalue weighted by Gasteiger charge is 2.18. The Hall–Kier alpha value is -2.11. The van der Waals surface area contributed by atoms with E-state index in [2.05, 4.69) is 10.6 Å². The monoisotopic (exact) mass is 418 g/mol. The topological polar surface area (TPSA) is 50.4 Å². The van der Waals surface area contributed by atoms with Crippen LogP contribution in [0.5, 0.6) is 5.75 Å². The Morgan fingerprint density at radius 2 is 2.03 bits per heavy atom. The van der Waals surface area contributed by atoms with Gasteiger partial charge in [0.15, 0.2) is 0 Å². The van der Waals surface area contributed by atoms with Gasteiger partial charge in [0.1, 0.15) is 11.6 Å². The Labute approximate surface area is 177 Å². The molecule has 0 bridgehead atoms. The maximum Gasteiger partial charge on any atom is 0.224 e. The van der Waals surface area contributed by atoms with Crippen LogP contribution in [0, 0.1) is 5.82 Å². The van der Waals surface area contributed by atoms with Gasteiger partial charge in [-0.3, -0.25) is 4.79 Å². The molecule has 2 aromatic carbocycles. The van der Waals surface area contributed by atoms with Crippen molar-refractivity contribution in [3.8, 4) is 5.75 Å². The van der Waals surface area contributed by atoms with Crippen molar-refractivity contribution in [2.24, 2.45) is 0 Å². The fourth-order valence-electron chi connectivity index (χ4n) is 4.07. The Kier molecular flexibility index (Phi) is 7.51.